The third kappa shape index (κ3) is 3.10. The number of alkyl halides is 2. The topological polar surface area (TPSA) is 66.5 Å². The summed E-state index contributed by atoms with van der Waals surface area (Å²) in [6, 6.07) is 19.1. The molecule has 1 heterocycles. The number of anilines is 1. The molecule has 0 aromatic heterocycles. The Bertz CT molecular complexity index is 1410. The Labute approximate surface area is 236 Å². The molecule has 1 saturated heterocycles. The number of benzene rings is 3. The molecule has 38 heavy (non-hydrogen) atoms. The van der Waals surface area contributed by atoms with Crippen LogP contribution in [-0.4, -0.2) is 28.7 Å². The van der Waals surface area contributed by atoms with Crippen LogP contribution in [0.25, 0.3) is 0 Å². The maximum atomic E-state index is 14.3. The standard InChI is InChI=1S/C30H25Cl3N2O3/c1-15(2)25(26(36)34-22-14-8-13-21(31)16(22)3)35-27(37)23-24(28(35)38)30(33)18-10-5-4-9-17(18)29(23,32)19-11-6-7-12-20(19)30/h4-15,23-25H,1-3H3,(H,34,36)/t23-,24+,25-,29?,30?/m0/s1. The van der Waals surface area contributed by atoms with Gasteiger partial charge in [0.05, 0.1) is 11.8 Å². The minimum absolute atomic E-state index is 0.373. The molecule has 7 rings (SSSR count). The summed E-state index contributed by atoms with van der Waals surface area (Å²) >= 11 is 21.3. The lowest BCUT2D eigenvalue weighted by atomic mass is 9.54. The lowest BCUT2D eigenvalue weighted by Crippen LogP contribution is -2.57. The van der Waals surface area contributed by atoms with Gasteiger partial charge in [-0.05, 0) is 52.8 Å². The molecule has 0 spiro atoms. The monoisotopic (exact) mass is 566 g/mol. The molecular weight excluding hydrogens is 543 g/mol. The van der Waals surface area contributed by atoms with Crippen LogP contribution >= 0.6 is 34.8 Å². The summed E-state index contributed by atoms with van der Waals surface area (Å²) in [6.45, 7) is 5.41. The SMILES string of the molecule is Cc1c(Cl)cccc1NC(=O)[C@H](C(C)C)N1C(=O)[C@@H]2[C@H](C1=O)C1(Cl)c3ccccc3C2(Cl)c2ccccc21. The minimum atomic E-state index is -1.29. The van der Waals surface area contributed by atoms with Gasteiger partial charge < -0.3 is 5.32 Å². The number of amides is 3. The Morgan fingerprint density at radius 2 is 1.26 bits per heavy atom. The van der Waals surface area contributed by atoms with Crippen LogP contribution in [-0.2, 0) is 24.1 Å². The van der Waals surface area contributed by atoms with E-state index in [1.165, 1.54) is 0 Å². The number of carbonyl (C=O) groups is 3. The molecule has 0 radical (unpaired) electrons. The Kier molecular flexibility index (Phi) is 5.73. The lowest BCUT2D eigenvalue weighted by Gasteiger charge is -2.54. The summed E-state index contributed by atoms with van der Waals surface area (Å²) < 4.78 is 0. The van der Waals surface area contributed by atoms with Crippen LogP contribution in [0, 0.1) is 24.7 Å². The van der Waals surface area contributed by atoms with Crippen LogP contribution in [0.4, 0.5) is 5.69 Å². The molecule has 2 bridgehead atoms. The molecule has 3 atom stereocenters. The van der Waals surface area contributed by atoms with Crippen molar-refractivity contribution in [2.75, 3.05) is 5.32 Å². The number of hydrogen-bond donors (Lipinski definition) is 1. The zero-order valence-electron chi connectivity index (χ0n) is 21.0. The Balaban J connectivity index is 1.49. The molecule has 3 aromatic carbocycles. The third-order valence-corrected chi connectivity index (χ3v) is 10.0. The summed E-state index contributed by atoms with van der Waals surface area (Å²) in [5.41, 5.74) is 4.10. The second-order valence-electron chi connectivity index (χ2n) is 10.6. The first-order chi connectivity index (χ1) is 18.0. The number of likely N-dealkylation sites (tertiary alicyclic amines) is 1. The van der Waals surface area contributed by atoms with Gasteiger partial charge in [-0.2, -0.15) is 0 Å². The van der Waals surface area contributed by atoms with Crippen molar-refractivity contribution in [3.8, 4) is 0 Å². The van der Waals surface area contributed by atoms with Crippen molar-refractivity contribution in [1.82, 2.24) is 4.90 Å². The van der Waals surface area contributed by atoms with E-state index in [0.717, 1.165) is 27.2 Å². The second kappa shape index (κ2) is 8.57. The number of rotatable bonds is 4. The molecule has 1 fully saturated rings. The summed E-state index contributed by atoms with van der Waals surface area (Å²) in [5, 5.41) is 3.39. The van der Waals surface area contributed by atoms with Crippen LogP contribution in [0.3, 0.4) is 0 Å². The normalized spacial score (nSPS) is 27.7. The van der Waals surface area contributed by atoms with Gasteiger partial charge in [0.25, 0.3) is 0 Å². The number of hydrogen-bond acceptors (Lipinski definition) is 3. The van der Waals surface area contributed by atoms with Gasteiger partial charge in [-0.1, -0.05) is 80.0 Å². The van der Waals surface area contributed by atoms with Gasteiger partial charge in [-0.25, -0.2) is 0 Å². The summed E-state index contributed by atoms with van der Waals surface area (Å²) in [4.78, 5) is 40.8. The quantitative estimate of drug-likeness (QED) is 0.301. The first-order valence-corrected chi connectivity index (χ1v) is 13.7. The van der Waals surface area contributed by atoms with Crippen molar-refractivity contribution < 1.29 is 14.4 Å². The summed E-state index contributed by atoms with van der Waals surface area (Å²) in [5.74, 6) is -3.73. The average Bonchev–Trinajstić information content (AvgIpc) is 3.16. The fourth-order valence-electron chi connectivity index (χ4n) is 6.63. The summed E-state index contributed by atoms with van der Waals surface area (Å²) in [7, 11) is 0. The zero-order chi connectivity index (χ0) is 27.1. The maximum absolute atomic E-state index is 14.3. The third-order valence-electron chi connectivity index (χ3n) is 8.32. The highest BCUT2D eigenvalue weighted by molar-refractivity contribution is 6.36. The molecule has 194 valence electrons. The van der Waals surface area contributed by atoms with E-state index in [0.29, 0.717) is 16.3 Å². The summed E-state index contributed by atoms with van der Waals surface area (Å²) in [6.07, 6.45) is 0. The molecule has 3 aliphatic carbocycles. The van der Waals surface area contributed by atoms with E-state index in [9.17, 15) is 14.4 Å². The van der Waals surface area contributed by atoms with Crippen molar-refractivity contribution in [1.29, 1.82) is 0 Å². The zero-order valence-corrected chi connectivity index (χ0v) is 23.2. The van der Waals surface area contributed by atoms with E-state index in [2.05, 4.69) is 5.32 Å². The van der Waals surface area contributed by atoms with Gasteiger partial charge in [0.2, 0.25) is 17.7 Å². The predicted octanol–water partition coefficient (Wildman–Crippen LogP) is 6.20. The van der Waals surface area contributed by atoms with E-state index in [4.69, 9.17) is 34.8 Å². The largest absolute Gasteiger partial charge is 0.324 e. The Morgan fingerprint density at radius 1 is 0.816 bits per heavy atom. The number of carbonyl (C=O) groups excluding carboxylic acids is 3. The predicted molar refractivity (Wildman–Crippen MR) is 148 cm³/mol. The van der Waals surface area contributed by atoms with Gasteiger partial charge >= 0.3 is 0 Å². The highest BCUT2D eigenvalue weighted by Gasteiger charge is 2.73. The second-order valence-corrected chi connectivity index (χ2v) is 12.2. The van der Waals surface area contributed by atoms with Crippen molar-refractivity contribution >= 4 is 58.2 Å². The maximum Gasteiger partial charge on any atom is 0.247 e. The van der Waals surface area contributed by atoms with E-state index in [1.54, 1.807) is 25.1 Å². The van der Waals surface area contributed by atoms with E-state index in [1.807, 2.05) is 62.4 Å². The highest BCUT2D eigenvalue weighted by atomic mass is 35.5. The average molecular weight is 568 g/mol. The van der Waals surface area contributed by atoms with Gasteiger partial charge in [-0.3, -0.25) is 19.3 Å². The van der Waals surface area contributed by atoms with E-state index < -0.39 is 45.3 Å². The van der Waals surface area contributed by atoms with Crippen molar-refractivity contribution in [2.24, 2.45) is 17.8 Å². The fourth-order valence-corrected chi connectivity index (χ4v) is 7.90. The van der Waals surface area contributed by atoms with Crippen molar-refractivity contribution in [3.05, 3.63) is 99.6 Å². The molecule has 3 amide bonds. The van der Waals surface area contributed by atoms with E-state index >= 15 is 0 Å². The van der Waals surface area contributed by atoms with Crippen LogP contribution in [0.2, 0.25) is 5.02 Å². The molecule has 4 aliphatic rings. The molecule has 0 saturated carbocycles. The number of nitrogens with one attached hydrogen (secondary N) is 1. The van der Waals surface area contributed by atoms with Crippen LogP contribution < -0.4 is 5.32 Å². The Morgan fingerprint density at radius 3 is 1.68 bits per heavy atom. The number of nitrogens with zero attached hydrogens (tertiary/aromatic N) is 1. The smallest absolute Gasteiger partial charge is 0.247 e. The van der Waals surface area contributed by atoms with Crippen LogP contribution in [0.5, 0.6) is 0 Å². The molecule has 1 aliphatic heterocycles. The lowest BCUT2D eigenvalue weighted by molar-refractivity contribution is -0.148. The molecular formula is C30H25Cl3N2O3. The van der Waals surface area contributed by atoms with Crippen molar-refractivity contribution in [3.63, 3.8) is 0 Å². The first-order valence-electron chi connectivity index (χ1n) is 12.5. The molecule has 1 N–H and O–H groups in total. The first kappa shape index (κ1) is 25.4. The molecule has 5 nitrogen and oxygen atoms in total. The van der Waals surface area contributed by atoms with Gasteiger partial charge in [0, 0.05) is 10.7 Å². The Hall–Kier alpha value is -2.86. The molecule has 0 unspecified atom stereocenters. The van der Waals surface area contributed by atoms with Crippen LogP contribution in [0.15, 0.2) is 66.7 Å². The van der Waals surface area contributed by atoms with Gasteiger partial charge in [-0.15, -0.1) is 23.2 Å². The molecule has 8 heteroatoms. The number of halogens is 3. The van der Waals surface area contributed by atoms with Gasteiger partial charge in [0.15, 0.2) is 0 Å². The van der Waals surface area contributed by atoms with Gasteiger partial charge in [0.1, 0.15) is 15.8 Å². The highest BCUT2D eigenvalue weighted by Crippen LogP contribution is 2.69. The minimum Gasteiger partial charge on any atom is -0.324 e. The fraction of sp³-hybridized carbons (Fsp3) is 0.300. The van der Waals surface area contributed by atoms with Crippen molar-refractivity contribution in [2.45, 2.75) is 36.6 Å². The number of imide groups is 1. The molecule has 3 aromatic rings. The van der Waals surface area contributed by atoms with Crippen LogP contribution in [0.1, 0.15) is 41.7 Å². The van der Waals surface area contributed by atoms with E-state index in [-0.39, 0.29) is 5.92 Å².